The Balaban J connectivity index is 3.51. The summed E-state index contributed by atoms with van der Waals surface area (Å²) in [6.45, 7) is 3.51. The van der Waals surface area contributed by atoms with Crippen molar-refractivity contribution in [1.29, 1.82) is 0 Å². The molecule has 1 amide bonds. The highest BCUT2D eigenvalue weighted by Gasteiger charge is 2.07. The highest BCUT2D eigenvalue weighted by Crippen LogP contribution is 2.02. The van der Waals surface area contributed by atoms with Crippen LogP contribution in [0.4, 0.5) is 4.79 Å². The molecular formula is C4H9NO2S2. The van der Waals surface area contributed by atoms with Gasteiger partial charge in [0.2, 0.25) is 0 Å². The fourth-order valence-electron chi connectivity index (χ4n) is 0.249. The minimum absolute atomic E-state index is 0.126. The second-order valence-corrected chi connectivity index (χ2v) is 2.84. The number of thiol groups is 2. The van der Waals surface area contributed by atoms with Gasteiger partial charge in [-0.25, -0.2) is 4.79 Å². The molecule has 0 bridgehead atoms. The molecule has 0 fully saturated rings. The van der Waals surface area contributed by atoms with Gasteiger partial charge < -0.3 is 4.74 Å². The third kappa shape index (κ3) is 4.47. The van der Waals surface area contributed by atoms with Crippen molar-refractivity contribution in [2.75, 3.05) is 0 Å². The molecule has 0 aliphatic rings. The number of rotatable bonds is 1. The molecule has 0 aromatic carbocycles. The molecule has 0 saturated heterocycles. The minimum atomic E-state index is -0.559. The first-order valence-electron chi connectivity index (χ1n) is 2.42. The summed E-state index contributed by atoms with van der Waals surface area (Å²) in [5.74, 6) is 0. The second-order valence-electron chi connectivity index (χ2n) is 1.72. The van der Waals surface area contributed by atoms with E-state index in [-0.39, 0.29) is 6.10 Å². The van der Waals surface area contributed by atoms with Gasteiger partial charge in [0.15, 0.2) is 0 Å². The van der Waals surface area contributed by atoms with Gasteiger partial charge in [-0.15, -0.1) is 0 Å². The largest absolute Gasteiger partial charge is 0.445 e. The summed E-state index contributed by atoms with van der Waals surface area (Å²) in [5.41, 5.74) is 0. The summed E-state index contributed by atoms with van der Waals surface area (Å²) in [7, 11) is 0. The number of hydrogen-bond donors (Lipinski definition) is 2. The first-order valence-corrected chi connectivity index (χ1v) is 3.22. The second kappa shape index (κ2) is 3.90. The van der Waals surface area contributed by atoms with E-state index >= 15 is 0 Å². The fraction of sp³-hybridized carbons (Fsp3) is 0.750. The van der Waals surface area contributed by atoms with E-state index in [0.717, 1.165) is 3.71 Å². The Kier molecular flexibility index (Phi) is 3.88. The van der Waals surface area contributed by atoms with Crippen LogP contribution in [-0.4, -0.2) is 15.9 Å². The molecule has 0 radical (unpaired) electrons. The van der Waals surface area contributed by atoms with Crippen LogP contribution in [0.15, 0.2) is 0 Å². The predicted molar refractivity (Wildman–Crippen MR) is 41.4 cm³/mol. The van der Waals surface area contributed by atoms with Crippen LogP contribution in [0.2, 0.25) is 0 Å². The van der Waals surface area contributed by atoms with Crippen molar-refractivity contribution in [3.05, 3.63) is 0 Å². The van der Waals surface area contributed by atoms with E-state index in [4.69, 9.17) is 0 Å². The number of amides is 1. The first-order chi connectivity index (χ1) is 4.04. The Morgan fingerprint density at radius 3 is 2.11 bits per heavy atom. The average Bonchev–Trinajstić information content (AvgIpc) is 1.63. The lowest BCUT2D eigenvalue weighted by Gasteiger charge is -2.10. The first kappa shape index (κ1) is 8.97. The van der Waals surface area contributed by atoms with Gasteiger partial charge in [-0.1, -0.05) is 0 Å². The summed E-state index contributed by atoms with van der Waals surface area (Å²) in [5, 5.41) is 0. The molecule has 0 unspecified atom stereocenters. The molecule has 54 valence electrons. The van der Waals surface area contributed by atoms with Crippen LogP contribution in [0, 0.1) is 0 Å². The van der Waals surface area contributed by atoms with Crippen LogP contribution in [0.1, 0.15) is 13.8 Å². The maximum atomic E-state index is 10.5. The zero-order chi connectivity index (χ0) is 7.44. The third-order valence-electron chi connectivity index (χ3n) is 0.500. The normalized spacial score (nSPS) is 9.44. The molecule has 0 atom stereocenters. The Labute approximate surface area is 65.4 Å². The number of hydrogen-bond acceptors (Lipinski definition) is 4. The molecule has 0 spiro atoms. The Morgan fingerprint density at radius 2 is 2.00 bits per heavy atom. The molecule has 0 rings (SSSR count). The number of ether oxygens (including phenoxy) is 1. The highest BCUT2D eigenvalue weighted by molar-refractivity contribution is 7.94. The molecule has 3 nitrogen and oxygen atoms in total. The quantitative estimate of drug-likeness (QED) is 0.580. The average molecular weight is 167 g/mol. The number of carbonyl (C=O) groups excluding carboxylic acids is 1. The van der Waals surface area contributed by atoms with E-state index in [9.17, 15) is 4.79 Å². The zero-order valence-corrected chi connectivity index (χ0v) is 7.02. The SMILES string of the molecule is CC(C)OC(=O)N(S)S. The monoisotopic (exact) mass is 167 g/mol. The van der Waals surface area contributed by atoms with Crippen molar-refractivity contribution in [3.63, 3.8) is 0 Å². The van der Waals surface area contributed by atoms with Gasteiger partial charge in [0, 0.05) is 0 Å². The van der Waals surface area contributed by atoms with E-state index in [1.807, 2.05) is 0 Å². The highest BCUT2D eigenvalue weighted by atomic mass is 32.2. The summed E-state index contributed by atoms with van der Waals surface area (Å²) in [4.78, 5) is 10.5. The van der Waals surface area contributed by atoms with Gasteiger partial charge >= 0.3 is 6.09 Å². The number of nitrogens with zero attached hydrogens (tertiary/aromatic N) is 1. The molecule has 0 aliphatic carbocycles. The van der Waals surface area contributed by atoms with Crippen molar-refractivity contribution in [2.24, 2.45) is 0 Å². The lowest BCUT2D eigenvalue weighted by molar-refractivity contribution is 0.112. The van der Waals surface area contributed by atoms with Gasteiger partial charge in [-0.05, 0) is 39.5 Å². The molecule has 5 heteroatoms. The predicted octanol–water partition coefficient (Wildman–Crippen LogP) is 1.52. The molecule has 0 N–H and O–H groups in total. The van der Waals surface area contributed by atoms with Crippen molar-refractivity contribution in [1.82, 2.24) is 3.71 Å². The zero-order valence-electron chi connectivity index (χ0n) is 5.24. The van der Waals surface area contributed by atoms with E-state index in [2.05, 4.69) is 30.4 Å². The van der Waals surface area contributed by atoms with Crippen LogP contribution in [-0.2, 0) is 4.74 Å². The van der Waals surface area contributed by atoms with Gasteiger partial charge in [0.05, 0.1) is 6.10 Å². The van der Waals surface area contributed by atoms with E-state index in [1.165, 1.54) is 0 Å². The van der Waals surface area contributed by atoms with E-state index < -0.39 is 6.09 Å². The van der Waals surface area contributed by atoms with Crippen molar-refractivity contribution >= 4 is 31.7 Å². The molecule has 9 heavy (non-hydrogen) atoms. The van der Waals surface area contributed by atoms with Crippen molar-refractivity contribution < 1.29 is 9.53 Å². The van der Waals surface area contributed by atoms with Gasteiger partial charge in [-0.2, -0.15) is 3.71 Å². The van der Waals surface area contributed by atoms with Crippen LogP contribution < -0.4 is 0 Å². The van der Waals surface area contributed by atoms with Crippen molar-refractivity contribution in [2.45, 2.75) is 20.0 Å². The standard InChI is InChI=1S/C4H9NO2S2/c1-3(2)7-4(6)5(8)9/h3,8-9H,1-2H3. The molecular weight excluding hydrogens is 158 g/mol. The topological polar surface area (TPSA) is 29.5 Å². The maximum absolute atomic E-state index is 10.5. The van der Waals surface area contributed by atoms with Crippen molar-refractivity contribution in [3.8, 4) is 0 Å². The van der Waals surface area contributed by atoms with E-state index in [0.29, 0.717) is 0 Å². The fourth-order valence-corrected chi connectivity index (χ4v) is 0.343. The van der Waals surface area contributed by atoms with Crippen LogP contribution >= 0.6 is 25.6 Å². The summed E-state index contributed by atoms with van der Waals surface area (Å²) >= 11 is 7.18. The maximum Gasteiger partial charge on any atom is 0.430 e. The molecule has 0 saturated carbocycles. The Morgan fingerprint density at radius 1 is 1.56 bits per heavy atom. The van der Waals surface area contributed by atoms with Crippen LogP contribution in [0.25, 0.3) is 0 Å². The lowest BCUT2D eigenvalue weighted by atomic mass is 10.5. The third-order valence-corrected chi connectivity index (χ3v) is 0.826. The minimum Gasteiger partial charge on any atom is -0.445 e. The Bertz CT molecular complexity index is 105. The van der Waals surface area contributed by atoms with Crippen LogP contribution in [0.5, 0.6) is 0 Å². The van der Waals surface area contributed by atoms with Gasteiger partial charge in [0.25, 0.3) is 0 Å². The van der Waals surface area contributed by atoms with Gasteiger partial charge in [0.1, 0.15) is 0 Å². The number of carbonyl (C=O) groups is 1. The molecule has 0 aromatic rings. The molecule has 0 heterocycles. The summed E-state index contributed by atoms with van der Waals surface area (Å²) in [6, 6.07) is 0. The van der Waals surface area contributed by atoms with Crippen LogP contribution in [0.3, 0.4) is 0 Å². The Hall–Kier alpha value is -0.0300. The lowest BCUT2D eigenvalue weighted by Crippen LogP contribution is -2.17. The van der Waals surface area contributed by atoms with Gasteiger partial charge in [-0.3, -0.25) is 0 Å². The van der Waals surface area contributed by atoms with E-state index in [1.54, 1.807) is 13.8 Å². The molecule has 0 aromatic heterocycles. The summed E-state index contributed by atoms with van der Waals surface area (Å²) in [6.07, 6.45) is -0.684. The smallest absolute Gasteiger partial charge is 0.430 e. The summed E-state index contributed by atoms with van der Waals surface area (Å²) < 4.78 is 5.44. The molecule has 0 aliphatic heterocycles.